The Morgan fingerprint density at radius 2 is 2.32 bits per heavy atom. The number of hydrogen-bond acceptors (Lipinski definition) is 4. The second kappa shape index (κ2) is 6.68. The quantitative estimate of drug-likeness (QED) is 0.511. The van der Waals surface area contributed by atoms with Crippen LogP contribution in [0.25, 0.3) is 0 Å². The molecule has 1 heterocycles. The van der Waals surface area contributed by atoms with E-state index in [4.69, 9.17) is 4.74 Å². The SMILES string of the molecule is O=[N+]([O-])c1cc(Br)ccc1NCCC1=CCOCC1. The van der Waals surface area contributed by atoms with Gasteiger partial charge in [0.15, 0.2) is 0 Å². The van der Waals surface area contributed by atoms with Gasteiger partial charge in [0, 0.05) is 17.1 Å². The smallest absolute Gasteiger partial charge is 0.293 e. The number of hydrogen-bond donors (Lipinski definition) is 1. The van der Waals surface area contributed by atoms with Gasteiger partial charge < -0.3 is 10.1 Å². The molecule has 0 saturated carbocycles. The van der Waals surface area contributed by atoms with Crippen molar-refractivity contribution in [1.82, 2.24) is 0 Å². The number of nitro benzene ring substituents is 1. The molecule has 0 radical (unpaired) electrons. The first kappa shape index (κ1) is 14.0. The summed E-state index contributed by atoms with van der Waals surface area (Å²) in [4.78, 5) is 10.6. The number of nitro groups is 1. The van der Waals surface area contributed by atoms with Crippen molar-refractivity contribution < 1.29 is 9.66 Å². The van der Waals surface area contributed by atoms with E-state index in [1.807, 2.05) is 0 Å². The third-order valence-corrected chi connectivity index (χ3v) is 3.47. The van der Waals surface area contributed by atoms with Crippen molar-refractivity contribution in [2.24, 2.45) is 0 Å². The molecule has 1 aromatic rings. The molecule has 2 rings (SSSR count). The second-order valence-corrected chi connectivity index (χ2v) is 5.20. The summed E-state index contributed by atoms with van der Waals surface area (Å²) in [6, 6.07) is 5.03. The van der Waals surface area contributed by atoms with Gasteiger partial charge in [0.25, 0.3) is 5.69 Å². The predicted octanol–water partition coefficient (Wildman–Crippen LogP) is 3.51. The normalized spacial score (nSPS) is 14.9. The molecule has 1 aliphatic rings. The molecule has 0 fully saturated rings. The summed E-state index contributed by atoms with van der Waals surface area (Å²) in [5.41, 5.74) is 2.00. The fourth-order valence-electron chi connectivity index (χ4n) is 1.96. The van der Waals surface area contributed by atoms with Gasteiger partial charge in [0.2, 0.25) is 0 Å². The lowest BCUT2D eigenvalue weighted by molar-refractivity contribution is -0.384. The maximum atomic E-state index is 11.0. The Hall–Kier alpha value is -1.40. The van der Waals surface area contributed by atoms with Crippen LogP contribution in [0.1, 0.15) is 12.8 Å². The summed E-state index contributed by atoms with van der Waals surface area (Å²) in [7, 11) is 0. The topological polar surface area (TPSA) is 64.4 Å². The molecule has 0 unspecified atom stereocenters. The third-order valence-electron chi connectivity index (χ3n) is 2.98. The first-order valence-electron chi connectivity index (χ1n) is 6.10. The number of benzene rings is 1. The van der Waals surface area contributed by atoms with E-state index >= 15 is 0 Å². The molecule has 0 saturated heterocycles. The summed E-state index contributed by atoms with van der Waals surface area (Å²) < 4.78 is 5.94. The van der Waals surface area contributed by atoms with Crippen LogP contribution in [0, 0.1) is 10.1 Å². The summed E-state index contributed by atoms with van der Waals surface area (Å²) in [5.74, 6) is 0. The van der Waals surface area contributed by atoms with E-state index in [0.29, 0.717) is 23.3 Å². The molecule has 102 valence electrons. The molecule has 6 heteroatoms. The van der Waals surface area contributed by atoms with Crippen molar-refractivity contribution in [3.05, 3.63) is 44.4 Å². The van der Waals surface area contributed by atoms with Crippen molar-refractivity contribution in [3.8, 4) is 0 Å². The van der Waals surface area contributed by atoms with Crippen molar-refractivity contribution >= 4 is 27.3 Å². The average Bonchev–Trinajstić information content (AvgIpc) is 2.41. The summed E-state index contributed by atoms with van der Waals surface area (Å²) >= 11 is 3.24. The fraction of sp³-hybridized carbons (Fsp3) is 0.385. The molecule has 1 N–H and O–H groups in total. The Morgan fingerprint density at radius 3 is 3.00 bits per heavy atom. The van der Waals surface area contributed by atoms with Gasteiger partial charge in [-0.1, -0.05) is 27.6 Å². The zero-order valence-corrected chi connectivity index (χ0v) is 12.0. The molecule has 0 bridgehead atoms. The van der Waals surface area contributed by atoms with E-state index in [-0.39, 0.29) is 10.6 Å². The predicted molar refractivity (Wildman–Crippen MR) is 77.4 cm³/mol. The molecule has 0 atom stereocenters. The molecule has 0 aliphatic carbocycles. The van der Waals surface area contributed by atoms with Crippen molar-refractivity contribution in [2.45, 2.75) is 12.8 Å². The summed E-state index contributed by atoms with van der Waals surface area (Å²) in [6.07, 6.45) is 3.92. The number of rotatable bonds is 5. The number of nitrogens with zero attached hydrogens (tertiary/aromatic N) is 1. The molecular weight excluding hydrogens is 312 g/mol. The van der Waals surface area contributed by atoms with E-state index in [9.17, 15) is 10.1 Å². The fourth-order valence-corrected chi connectivity index (χ4v) is 2.30. The Bertz CT molecular complexity index is 503. The van der Waals surface area contributed by atoms with Gasteiger partial charge in [0.1, 0.15) is 5.69 Å². The van der Waals surface area contributed by atoms with Gasteiger partial charge in [-0.2, -0.15) is 0 Å². The second-order valence-electron chi connectivity index (χ2n) is 4.28. The van der Waals surface area contributed by atoms with E-state index < -0.39 is 0 Å². The molecule has 1 aromatic carbocycles. The van der Waals surface area contributed by atoms with Crippen LogP contribution in [0.15, 0.2) is 34.3 Å². The van der Waals surface area contributed by atoms with Crippen LogP contribution in [-0.4, -0.2) is 24.7 Å². The first-order valence-corrected chi connectivity index (χ1v) is 6.89. The van der Waals surface area contributed by atoms with Crippen LogP contribution in [0.2, 0.25) is 0 Å². The molecule has 0 spiro atoms. The van der Waals surface area contributed by atoms with Crippen molar-refractivity contribution in [3.63, 3.8) is 0 Å². The monoisotopic (exact) mass is 326 g/mol. The van der Waals surface area contributed by atoms with Crippen LogP contribution in [0.4, 0.5) is 11.4 Å². The summed E-state index contributed by atoms with van der Waals surface area (Å²) in [6.45, 7) is 2.13. The van der Waals surface area contributed by atoms with Gasteiger partial charge >= 0.3 is 0 Å². The molecule has 0 amide bonds. The zero-order valence-electron chi connectivity index (χ0n) is 10.4. The van der Waals surface area contributed by atoms with Gasteiger partial charge in [-0.05, 0) is 25.0 Å². The first-order chi connectivity index (χ1) is 9.16. The highest BCUT2D eigenvalue weighted by atomic mass is 79.9. The lowest BCUT2D eigenvalue weighted by atomic mass is 10.1. The van der Waals surface area contributed by atoms with Crippen LogP contribution >= 0.6 is 15.9 Å². The van der Waals surface area contributed by atoms with E-state index in [1.165, 1.54) is 11.6 Å². The lowest BCUT2D eigenvalue weighted by Crippen LogP contribution is -2.09. The van der Waals surface area contributed by atoms with Crippen molar-refractivity contribution in [1.29, 1.82) is 0 Å². The van der Waals surface area contributed by atoms with Crippen molar-refractivity contribution in [2.75, 3.05) is 25.1 Å². The summed E-state index contributed by atoms with van der Waals surface area (Å²) in [5, 5.41) is 14.1. The molecule has 19 heavy (non-hydrogen) atoms. The highest BCUT2D eigenvalue weighted by molar-refractivity contribution is 9.10. The van der Waals surface area contributed by atoms with Gasteiger partial charge in [-0.25, -0.2) is 0 Å². The largest absolute Gasteiger partial charge is 0.379 e. The van der Waals surface area contributed by atoms with E-state index in [2.05, 4.69) is 27.3 Å². The van der Waals surface area contributed by atoms with Gasteiger partial charge in [-0.3, -0.25) is 10.1 Å². The average molecular weight is 327 g/mol. The molecule has 0 aromatic heterocycles. The van der Waals surface area contributed by atoms with Gasteiger partial charge in [0.05, 0.1) is 18.1 Å². The van der Waals surface area contributed by atoms with E-state index in [1.54, 1.807) is 12.1 Å². The minimum atomic E-state index is -0.374. The Kier molecular flexibility index (Phi) is 4.93. The maximum Gasteiger partial charge on any atom is 0.293 e. The third kappa shape index (κ3) is 4.04. The minimum absolute atomic E-state index is 0.0929. The lowest BCUT2D eigenvalue weighted by Gasteiger charge is -2.14. The molecule has 5 nitrogen and oxygen atoms in total. The number of anilines is 1. The number of halogens is 1. The zero-order chi connectivity index (χ0) is 13.7. The molecular formula is C13H15BrN2O3. The van der Waals surface area contributed by atoms with Crippen LogP contribution in [0.3, 0.4) is 0 Å². The standard InChI is InChI=1S/C13H15BrN2O3/c14-11-1-2-12(13(9-11)16(17)18)15-6-3-10-4-7-19-8-5-10/h1-2,4,9,15H,3,5-8H2. The highest BCUT2D eigenvalue weighted by Gasteiger charge is 2.13. The number of ether oxygens (including phenoxy) is 1. The Labute approximate surface area is 119 Å². The minimum Gasteiger partial charge on any atom is -0.379 e. The maximum absolute atomic E-state index is 11.0. The molecule has 1 aliphatic heterocycles. The Balaban J connectivity index is 1.95. The van der Waals surface area contributed by atoms with Crippen LogP contribution in [0.5, 0.6) is 0 Å². The Morgan fingerprint density at radius 1 is 1.47 bits per heavy atom. The van der Waals surface area contributed by atoms with Crippen LogP contribution in [-0.2, 0) is 4.74 Å². The van der Waals surface area contributed by atoms with E-state index in [0.717, 1.165) is 19.4 Å². The van der Waals surface area contributed by atoms with Gasteiger partial charge in [-0.15, -0.1) is 0 Å². The highest BCUT2D eigenvalue weighted by Crippen LogP contribution is 2.28. The number of nitrogens with one attached hydrogen (secondary N) is 1. The van der Waals surface area contributed by atoms with Crippen LogP contribution < -0.4 is 5.32 Å².